The van der Waals surface area contributed by atoms with Crippen molar-refractivity contribution in [2.24, 2.45) is 11.1 Å². The molecule has 0 atom stereocenters. The molecule has 4 nitrogen and oxygen atoms in total. The zero-order valence-electron chi connectivity index (χ0n) is 13.3. The summed E-state index contributed by atoms with van der Waals surface area (Å²) in [4.78, 5) is 17.3. The highest BCUT2D eigenvalue weighted by Crippen LogP contribution is 2.30. The highest BCUT2D eigenvalue weighted by atomic mass is 35.5. The number of nitrogens with two attached hydrogens (primary N) is 1. The van der Waals surface area contributed by atoms with E-state index in [2.05, 4.69) is 23.6 Å². The number of hydrogen-bond acceptors (Lipinski definition) is 3. The Morgan fingerprint density at radius 3 is 1.95 bits per heavy atom. The van der Waals surface area contributed by atoms with E-state index in [9.17, 15) is 4.79 Å². The maximum absolute atomic E-state index is 12.7. The molecule has 0 bridgehead atoms. The Bertz CT molecular complexity index is 304. The van der Waals surface area contributed by atoms with Crippen molar-refractivity contribution in [1.82, 2.24) is 9.80 Å². The van der Waals surface area contributed by atoms with Crippen molar-refractivity contribution in [2.75, 3.05) is 32.7 Å². The van der Waals surface area contributed by atoms with Gasteiger partial charge in [0, 0.05) is 38.8 Å². The minimum absolute atomic E-state index is 0. The number of carbonyl (C=O) groups excluding carboxylic acids is 1. The lowest BCUT2D eigenvalue weighted by molar-refractivity contribution is -0.144. The molecule has 126 valence electrons. The monoisotopic (exact) mass is 339 g/mol. The van der Waals surface area contributed by atoms with E-state index in [1.807, 2.05) is 0 Å². The minimum Gasteiger partial charge on any atom is -0.340 e. The van der Waals surface area contributed by atoms with Crippen LogP contribution >= 0.6 is 24.8 Å². The number of halogens is 2. The van der Waals surface area contributed by atoms with Gasteiger partial charge in [-0.15, -0.1) is 24.8 Å². The van der Waals surface area contributed by atoms with Gasteiger partial charge in [0.25, 0.3) is 0 Å². The Morgan fingerprint density at radius 2 is 1.62 bits per heavy atom. The van der Waals surface area contributed by atoms with Crippen molar-refractivity contribution < 1.29 is 4.79 Å². The second kappa shape index (κ2) is 9.19. The molecule has 1 aliphatic carbocycles. The number of hydrogen-bond donors (Lipinski definition) is 1. The summed E-state index contributed by atoms with van der Waals surface area (Å²) < 4.78 is 0. The molecule has 21 heavy (non-hydrogen) atoms. The van der Waals surface area contributed by atoms with Gasteiger partial charge in [-0.25, -0.2) is 0 Å². The molecule has 0 radical (unpaired) electrons. The summed E-state index contributed by atoms with van der Waals surface area (Å²) in [7, 11) is 0. The van der Waals surface area contributed by atoms with Gasteiger partial charge >= 0.3 is 0 Å². The number of nitrogens with zero attached hydrogens (tertiary/aromatic N) is 2. The van der Waals surface area contributed by atoms with Crippen molar-refractivity contribution in [3.8, 4) is 0 Å². The van der Waals surface area contributed by atoms with Crippen LogP contribution in [0, 0.1) is 5.41 Å². The van der Waals surface area contributed by atoms with Crippen molar-refractivity contribution >= 4 is 30.7 Å². The largest absolute Gasteiger partial charge is 0.340 e. The van der Waals surface area contributed by atoms with E-state index in [1.165, 1.54) is 19.3 Å². The quantitative estimate of drug-likeness (QED) is 0.835. The van der Waals surface area contributed by atoms with E-state index < -0.39 is 0 Å². The van der Waals surface area contributed by atoms with E-state index in [1.54, 1.807) is 0 Å². The highest BCUT2D eigenvalue weighted by Gasteiger charge is 2.38. The van der Waals surface area contributed by atoms with Gasteiger partial charge in [0.15, 0.2) is 0 Å². The van der Waals surface area contributed by atoms with E-state index in [0.29, 0.717) is 6.54 Å². The fourth-order valence-corrected chi connectivity index (χ4v) is 3.31. The Morgan fingerprint density at radius 1 is 1.10 bits per heavy atom. The molecule has 0 spiro atoms. The van der Waals surface area contributed by atoms with E-state index in [-0.39, 0.29) is 36.1 Å². The van der Waals surface area contributed by atoms with Crippen LogP contribution in [0.15, 0.2) is 0 Å². The Labute approximate surface area is 141 Å². The van der Waals surface area contributed by atoms with Crippen LogP contribution in [0.25, 0.3) is 0 Å². The molecule has 0 aromatic rings. The number of piperazine rings is 1. The topological polar surface area (TPSA) is 49.6 Å². The lowest BCUT2D eigenvalue weighted by Crippen LogP contribution is -2.57. The molecule has 2 fully saturated rings. The Kier molecular flexibility index (Phi) is 9.17. The van der Waals surface area contributed by atoms with Gasteiger partial charge in [0.1, 0.15) is 0 Å². The van der Waals surface area contributed by atoms with Crippen molar-refractivity contribution in [2.45, 2.75) is 52.0 Å². The third-order valence-electron chi connectivity index (χ3n) is 5.39. The lowest BCUT2D eigenvalue weighted by Gasteiger charge is -2.45. The number of carbonyl (C=O) groups is 1. The molecule has 0 unspecified atom stereocenters. The van der Waals surface area contributed by atoms with Gasteiger partial charge in [0.2, 0.25) is 5.91 Å². The maximum Gasteiger partial charge on any atom is 0.230 e. The van der Waals surface area contributed by atoms with Gasteiger partial charge in [-0.05, 0) is 25.7 Å². The molecule has 2 aliphatic rings. The predicted octanol–water partition coefficient (Wildman–Crippen LogP) is 2.29. The van der Waals surface area contributed by atoms with E-state index in [4.69, 9.17) is 5.73 Å². The normalized spacial score (nSPS) is 20.2. The first kappa shape index (κ1) is 21.0. The average Bonchev–Trinajstić information content (AvgIpc) is 2.40. The summed E-state index contributed by atoms with van der Waals surface area (Å²) in [6.45, 7) is 8.50. The summed E-state index contributed by atoms with van der Waals surface area (Å²) in [5.41, 5.74) is 5.56. The summed E-state index contributed by atoms with van der Waals surface area (Å²) >= 11 is 0. The van der Waals surface area contributed by atoms with Crippen molar-refractivity contribution in [1.29, 1.82) is 0 Å². The van der Waals surface area contributed by atoms with Crippen molar-refractivity contribution in [3.05, 3.63) is 0 Å². The summed E-state index contributed by atoms with van der Waals surface area (Å²) in [5.74, 6) is 0.285. The Balaban J connectivity index is 0.00000200. The van der Waals surface area contributed by atoms with Crippen LogP contribution in [-0.2, 0) is 4.79 Å². The SMILES string of the molecule is CCC(CC)(CN)C(=O)N1CCN(C2CCC2)CC1.Cl.Cl. The zero-order valence-corrected chi connectivity index (χ0v) is 15.0. The molecular weight excluding hydrogens is 309 g/mol. The fourth-order valence-electron chi connectivity index (χ4n) is 3.31. The molecule has 2 rings (SSSR count). The zero-order chi connectivity index (χ0) is 13.9. The molecule has 6 heteroatoms. The van der Waals surface area contributed by atoms with Gasteiger partial charge in [-0.2, -0.15) is 0 Å². The van der Waals surface area contributed by atoms with E-state index >= 15 is 0 Å². The average molecular weight is 340 g/mol. The number of rotatable bonds is 5. The molecule has 1 amide bonds. The van der Waals surface area contributed by atoms with Gasteiger partial charge < -0.3 is 10.6 Å². The molecular formula is C15H31Cl2N3O. The van der Waals surface area contributed by atoms with Crippen LogP contribution < -0.4 is 5.73 Å². The maximum atomic E-state index is 12.7. The third-order valence-corrected chi connectivity index (χ3v) is 5.39. The summed E-state index contributed by atoms with van der Waals surface area (Å²) in [6.07, 6.45) is 5.78. The van der Waals surface area contributed by atoms with Gasteiger partial charge in [-0.1, -0.05) is 20.3 Å². The highest BCUT2D eigenvalue weighted by molar-refractivity contribution is 5.85. The first-order chi connectivity index (χ1) is 9.16. The molecule has 1 aliphatic heterocycles. The molecule has 2 N–H and O–H groups in total. The lowest BCUT2D eigenvalue weighted by atomic mass is 9.80. The summed E-state index contributed by atoms with van der Waals surface area (Å²) in [6, 6.07) is 0.800. The second-order valence-corrected chi connectivity index (χ2v) is 6.10. The van der Waals surface area contributed by atoms with Crippen LogP contribution in [0.2, 0.25) is 0 Å². The fraction of sp³-hybridized carbons (Fsp3) is 0.933. The van der Waals surface area contributed by atoms with Crippen LogP contribution in [0.5, 0.6) is 0 Å². The summed E-state index contributed by atoms with van der Waals surface area (Å²) in [5, 5.41) is 0. The molecule has 1 saturated heterocycles. The second-order valence-electron chi connectivity index (χ2n) is 6.10. The molecule has 0 aromatic heterocycles. The predicted molar refractivity (Wildman–Crippen MR) is 92.4 cm³/mol. The van der Waals surface area contributed by atoms with E-state index in [0.717, 1.165) is 45.1 Å². The molecule has 0 aromatic carbocycles. The van der Waals surface area contributed by atoms with Crippen LogP contribution in [-0.4, -0.2) is 54.5 Å². The smallest absolute Gasteiger partial charge is 0.230 e. The minimum atomic E-state index is -0.321. The standard InChI is InChI=1S/C15H29N3O.2ClH/c1-3-15(4-2,12-16)14(19)18-10-8-17(9-11-18)13-6-5-7-13;;/h13H,3-12,16H2,1-2H3;2*1H. The van der Waals surface area contributed by atoms with Crippen LogP contribution in [0.3, 0.4) is 0 Å². The first-order valence-corrected chi connectivity index (χ1v) is 7.90. The van der Waals surface area contributed by atoms with Crippen LogP contribution in [0.1, 0.15) is 46.0 Å². The van der Waals surface area contributed by atoms with Gasteiger partial charge in [0.05, 0.1) is 5.41 Å². The first-order valence-electron chi connectivity index (χ1n) is 7.90. The van der Waals surface area contributed by atoms with Crippen molar-refractivity contribution in [3.63, 3.8) is 0 Å². The van der Waals surface area contributed by atoms with Gasteiger partial charge in [-0.3, -0.25) is 9.69 Å². The third kappa shape index (κ3) is 4.25. The van der Waals surface area contributed by atoms with Crippen LogP contribution in [0.4, 0.5) is 0 Å². The molecule has 1 saturated carbocycles. The number of amides is 1. The molecule has 1 heterocycles. The Hall–Kier alpha value is -0.0300.